The maximum Gasteiger partial charge on any atom is 0.223 e. The maximum absolute atomic E-state index is 12.3. The topological polar surface area (TPSA) is 73.6 Å². The highest BCUT2D eigenvalue weighted by Crippen LogP contribution is 2.38. The molecule has 0 aromatic heterocycles. The van der Waals surface area contributed by atoms with Crippen LogP contribution in [0.4, 0.5) is 0 Å². The fraction of sp³-hybridized carbons (Fsp3) is 0.588. The number of fused-ring (bicyclic) bond motifs is 1. The highest BCUT2D eigenvalue weighted by Gasteiger charge is 2.31. The number of nitrogens with one attached hydrogen (secondary N) is 1. The molecule has 1 aromatic rings. The van der Waals surface area contributed by atoms with E-state index in [2.05, 4.69) is 5.32 Å². The lowest BCUT2D eigenvalue weighted by atomic mass is 9.95. The highest BCUT2D eigenvalue weighted by molar-refractivity contribution is 6.32. The normalized spacial score (nSPS) is 21.9. The van der Waals surface area contributed by atoms with Gasteiger partial charge in [0.25, 0.3) is 0 Å². The van der Waals surface area contributed by atoms with Gasteiger partial charge in [-0.25, -0.2) is 0 Å². The number of hydrogen-bond donors (Lipinski definition) is 2. The lowest BCUT2D eigenvalue weighted by Crippen LogP contribution is -2.36. The van der Waals surface area contributed by atoms with Gasteiger partial charge in [-0.3, -0.25) is 4.79 Å². The summed E-state index contributed by atoms with van der Waals surface area (Å²) in [6, 6.07) is 3.81. The van der Waals surface area contributed by atoms with Gasteiger partial charge in [0.1, 0.15) is 13.2 Å². The van der Waals surface area contributed by atoms with E-state index in [-0.39, 0.29) is 24.2 Å². The number of amides is 1. The van der Waals surface area contributed by atoms with Crippen LogP contribution < -0.4 is 20.5 Å². The first-order valence-corrected chi connectivity index (χ1v) is 8.62. The van der Waals surface area contributed by atoms with Gasteiger partial charge in [-0.2, -0.15) is 0 Å². The fourth-order valence-electron chi connectivity index (χ4n) is 3.43. The Morgan fingerprint density at radius 2 is 2.08 bits per heavy atom. The number of ether oxygens (including phenoxy) is 2. The van der Waals surface area contributed by atoms with Gasteiger partial charge in [-0.05, 0) is 49.4 Å². The summed E-state index contributed by atoms with van der Waals surface area (Å²) in [7, 11) is 0. The molecule has 3 N–H and O–H groups in total. The molecule has 24 heavy (non-hydrogen) atoms. The zero-order valence-corrected chi connectivity index (χ0v) is 15.1. The summed E-state index contributed by atoms with van der Waals surface area (Å²) in [5.74, 6) is 1.83. The Bertz CT molecular complexity index is 583. The first-order chi connectivity index (χ1) is 11.2. The fourth-order valence-corrected chi connectivity index (χ4v) is 3.72. The van der Waals surface area contributed by atoms with Crippen LogP contribution in [0.2, 0.25) is 5.02 Å². The minimum atomic E-state index is 0. The summed E-state index contributed by atoms with van der Waals surface area (Å²) >= 11 is 6.22. The second-order valence-electron chi connectivity index (χ2n) is 6.18. The maximum atomic E-state index is 12.3. The summed E-state index contributed by atoms with van der Waals surface area (Å²) in [5, 5.41) is 3.59. The van der Waals surface area contributed by atoms with Crippen molar-refractivity contribution in [3.63, 3.8) is 0 Å². The van der Waals surface area contributed by atoms with Crippen molar-refractivity contribution >= 4 is 29.9 Å². The third-order valence-electron chi connectivity index (χ3n) is 4.67. The summed E-state index contributed by atoms with van der Waals surface area (Å²) in [5.41, 5.74) is 6.77. The Kier molecular flexibility index (Phi) is 7.02. The molecule has 1 aliphatic carbocycles. The van der Waals surface area contributed by atoms with E-state index in [0.29, 0.717) is 55.2 Å². The number of carbonyl (C=O) groups is 1. The molecule has 134 valence electrons. The van der Waals surface area contributed by atoms with Gasteiger partial charge in [-0.15, -0.1) is 12.4 Å². The molecule has 0 spiro atoms. The molecule has 5 nitrogen and oxygen atoms in total. The van der Waals surface area contributed by atoms with Crippen LogP contribution in [0.3, 0.4) is 0 Å². The summed E-state index contributed by atoms with van der Waals surface area (Å²) in [6.07, 6.45) is 3.82. The van der Waals surface area contributed by atoms with Crippen LogP contribution in [0.1, 0.15) is 24.8 Å². The smallest absolute Gasteiger partial charge is 0.223 e. The van der Waals surface area contributed by atoms with Crippen molar-refractivity contribution in [1.29, 1.82) is 0 Å². The monoisotopic (exact) mass is 374 g/mol. The number of nitrogens with two attached hydrogens (primary N) is 1. The molecule has 7 heteroatoms. The zero-order chi connectivity index (χ0) is 16.2. The van der Waals surface area contributed by atoms with Crippen molar-refractivity contribution in [2.75, 3.05) is 26.3 Å². The molecular formula is C17H24Cl2N2O3. The second-order valence-corrected chi connectivity index (χ2v) is 6.58. The lowest BCUT2D eigenvalue weighted by molar-refractivity contribution is -0.125. The third kappa shape index (κ3) is 4.26. The van der Waals surface area contributed by atoms with Gasteiger partial charge < -0.3 is 20.5 Å². The SMILES string of the molecule is Cl.NC[C@H]1CCC[C@H]1C(=O)NCCc1cc(Cl)c2c(c1)OCCO2. The van der Waals surface area contributed by atoms with Crippen molar-refractivity contribution < 1.29 is 14.3 Å². The summed E-state index contributed by atoms with van der Waals surface area (Å²) < 4.78 is 11.1. The van der Waals surface area contributed by atoms with E-state index in [4.69, 9.17) is 26.8 Å². The van der Waals surface area contributed by atoms with E-state index in [9.17, 15) is 4.79 Å². The van der Waals surface area contributed by atoms with Crippen LogP contribution in [0.25, 0.3) is 0 Å². The number of hydrogen-bond acceptors (Lipinski definition) is 4. The Labute approximate surface area is 153 Å². The van der Waals surface area contributed by atoms with Gasteiger partial charge in [0, 0.05) is 12.5 Å². The van der Waals surface area contributed by atoms with E-state index >= 15 is 0 Å². The molecule has 1 aliphatic heterocycles. The van der Waals surface area contributed by atoms with Crippen LogP contribution >= 0.6 is 24.0 Å². The minimum absolute atomic E-state index is 0. The van der Waals surface area contributed by atoms with E-state index in [1.165, 1.54) is 0 Å². The molecule has 1 fully saturated rings. The first kappa shape index (κ1) is 19.2. The number of carbonyl (C=O) groups excluding carboxylic acids is 1. The Morgan fingerprint density at radius 1 is 1.29 bits per heavy atom. The summed E-state index contributed by atoms with van der Waals surface area (Å²) in [6.45, 7) is 2.23. The molecule has 1 heterocycles. The largest absolute Gasteiger partial charge is 0.486 e. The first-order valence-electron chi connectivity index (χ1n) is 8.25. The predicted octanol–water partition coefficient (Wildman–Crippen LogP) is 2.57. The Hall–Kier alpha value is -1.17. The van der Waals surface area contributed by atoms with Crippen LogP contribution in [0.5, 0.6) is 11.5 Å². The van der Waals surface area contributed by atoms with E-state index in [1.807, 2.05) is 12.1 Å². The standard InChI is InChI=1S/C17H23ClN2O3.ClH/c18-14-8-11(9-15-16(14)23-7-6-22-15)4-5-20-17(21)13-3-1-2-12(13)10-19;/h8-9,12-13H,1-7,10,19H2,(H,20,21);1H/t12-,13-;/m1./s1. The summed E-state index contributed by atoms with van der Waals surface area (Å²) in [4.78, 5) is 12.3. The molecule has 0 bridgehead atoms. The average molecular weight is 375 g/mol. The van der Waals surface area contributed by atoms with Crippen molar-refractivity contribution in [3.8, 4) is 11.5 Å². The van der Waals surface area contributed by atoms with E-state index < -0.39 is 0 Å². The molecule has 1 amide bonds. The molecule has 0 radical (unpaired) electrons. The van der Waals surface area contributed by atoms with Crippen molar-refractivity contribution in [2.24, 2.45) is 17.6 Å². The number of halogens is 2. The van der Waals surface area contributed by atoms with Gasteiger partial charge in [-0.1, -0.05) is 18.0 Å². The molecule has 0 saturated heterocycles. The van der Waals surface area contributed by atoms with E-state index in [1.54, 1.807) is 0 Å². The molecule has 1 aromatic carbocycles. The predicted molar refractivity (Wildman–Crippen MR) is 96.3 cm³/mol. The second kappa shape index (κ2) is 8.79. The lowest BCUT2D eigenvalue weighted by Gasteiger charge is -2.20. The average Bonchev–Trinajstić information content (AvgIpc) is 3.03. The van der Waals surface area contributed by atoms with Gasteiger partial charge in [0.15, 0.2) is 11.5 Å². The van der Waals surface area contributed by atoms with E-state index in [0.717, 1.165) is 24.8 Å². The number of benzene rings is 1. The van der Waals surface area contributed by atoms with Gasteiger partial charge in [0.05, 0.1) is 5.02 Å². The molecule has 0 unspecified atom stereocenters. The Morgan fingerprint density at radius 3 is 2.88 bits per heavy atom. The number of rotatable bonds is 5. The van der Waals surface area contributed by atoms with Crippen molar-refractivity contribution in [2.45, 2.75) is 25.7 Å². The van der Waals surface area contributed by atoms with Crippen LogP contribution in [-0.4, -0.2) is 32.2 Å². The van der Waals surface area contributed by atoms with Crippen LogP contribution in [-0.2, 0) is 11.2 Å². The quantitative estimate of drug-likeness (QED) is 0.830. The van der Waals surface area contributed by atoms with Crippen LogP contribution in [0, 0.1) is 11.8 Å². The molecule has 1 saturated carbocycles. The zero-order valence-electron chi connectivity index (χ0n) is 13.6. The molecule has 2 atom stereocenters. The molecule has 2 aliphatic rings. The Balaban J connectivity index is 0.00000208. The minimum Gasteiger partial charge on any atom is -0.486 e. The third-order valence-corrected chi connectivity index (χ3v) is 4.95. The van der Waals surface area contributed by atoms with Crippen molar-refractivity contribution in [3.05, 3.63) is 22.7 Å². The van der Waals surface area contributed by atoms with Crippen molar-refractivity contribution in [1.82, 2.24) is 5.32 Å². The van der Waals surface area contributed by atoms with Gasteiger partial charge in [0.2, 0.25) is 5.91 Å². The molecular weight excluding hydrogens is 351 g/mol. The highest BCUT2D eigenvalue weighted by atomic mass is 35.5. The van der Waals surface area contributed by atoms with Crippen LogP contribution in [0.15, 0.2) is 12.1 Å². The van der Waals surface area contributed by atoms with Gasteiger partial charge >= 0.3 is 0 Å². The molecule has 3 rings (SSSR count).